The number of aliphatic hydroxyl groups is 1. The molecule has 6 heteroatoms. The SMILES string of the molecule is O=C(O)CC(O)C(=O)O.[Cs+].[H-]. The molecule has 0 rings (SSSR count). The van der Waals surface area contributed by atoms with Crippen LogP contribution in [0.4, 0.5) is 0 Å². The van der Waals surface area contributed by atoms with Gasteiger partial charge in [-0.2, -0.15) is 0 Å². The van der Waals surface area contributed by atoms with Crippen LogP contribution >= 0.6 is 0 Å². The number of hydrogen-bond donors (Lipinski definition) is 3. The molecule has 54 valence electrons. The summed E-state index contributed by atoms with van der Waals surface area (Å²) in [4.78, 5) is 19.4. The Bertz CT molecular complexity index is 138. The molecule has 0 saturated heterocycles. The smallest absolute Gasteiger partial charge is 1.00 e. The van der Waals surface area contributed by atoms with E-state index < -0.39 is 24.5 Å². The molecule has 1 unspecified atom stereocenters. The van der Waals surface area contributed by atoms with Gasteiger partial charge in [0, 0.05) is 0 Å². The second kappa shape index (κ2) is 6.65. The van der Waals surface area contributed by atoms with Gasteiger partial charge in [-0.1, -0.05) is 0 Å². The monoisotopic (exact) mass is 268 g/mol. The van der Waals surface area contributed by atoms with Crippen molar-refractivity contribution in [2.24, 2.45) is 0 Å². The topological polar surface area (TPSA) is 94.8 Å². The summed E-state index contributed by atoms with van der Waals surface area (Å²) in [5.41, 5.74) is 0. The molecule has 0 aliphatic rings. The fraction of sp³-hybridized carbons (Fsp3) is 0.500. The van der Waals surface area contributed by atoms with Crippen LogP contribution in [0.5, 0.6) is 0 Å². The van der Waals surface area contributed by atoms with Gasteiger partial charge in [-0.05, 0) is 0 Å². The van der Waals surface area contributed by atoms with Crippen molar-refractivity contribution in [2.75, 3.05) is 0 Å². The Labute approximate surface area is 117 Å². The molecular weight excluding hydrogens is 261 g/mol. The van der Waals surface area contributed by atoms with Crippen molar-refractivity contribution in [1.82, 2.24) is 0 Å². The Morgan fingerprint density at radius 2 is 1.80 bits per heavy atom. The van der Waals surface area contributed by atoms with Crippen molar-refractivity contribution in [2.45, 2.75) is 12.5 Å². The van der Waals surface area contributed by atoms with Gasteiger partial charge in [0.15, 0.2) is 6.10 Å². The Morgan fingerprint density at radius 3 is 1.90 bits per heavy atom. The maximum atomic E-state index is 9.72. The first-order valence-electron chi connectivity index (χ1n) is 2.16. The predicted molar refractivity (Wildman–Crippen MR) is 27.0 cm³/mol. The van der Waals surface area contributed by atoms with Crippen molar-refractivity contribution >= 4 is 11.9 Å². The molecule has 3 N–H and O–H groups in total. The third-order valence-electron chi connectivity index (χ3n) is 0.653. The second-order valence-corrected chi connectivity index (χ2v) is 1.45. The second-order valence-electron chi connectivity index (χ2n) is 1.45. The third kappa shape index (κ3) is 7.06. The van der Waals surface area contributed by atoms with Crippen molar-refractivity contribution in [3.63, 3.8) is 0 Å². The first-order valence-corrected chi connectivity index (χ1v) is 2.16. The Morgan fingerprint density at radius 1 is 1.40 bits per heavy atom. The summed E-state index contributed by atoms with van der Waals surface area (Å²) in [6.45, 7) is 0. The largest absolute Gasteiger partial charge is 1.00 e. The number of aliphatic carboxylic acids is 2. The van der Waals surface area contributed by atoms with Crippen molar-refractivity contribution in [1.29, 1.82) is 0 Å². The molecule has 5 nitrogen and oxygen atoms in total. The van der Waals surface area contributed by atoms with Crippen LogP contribution in [0.3, 0.4) is 0 Å². The van der Waals surface area contributed by atoms with Crippen molar-refractivity contribution in [3.05, 3.63) is 0 Å². The van der Waals surface area contributed by atoms with Gasteiger partial charge in [0.05, 0.1) is 6.42 Å². The molecule has 0 spiro atoms. The molecule has 0 aliphatic heterocycles. The van der Waals surface area contributed by atoms with Gasteiger partial charge in [-0.3, -0.25) is 4.79 Å². The molecule has 0 aliphatic carbocycles. The number of carboxylic acid groups (broad SMARTS) is 2. The zero-order chi connectivity index (χ0) is 7.44. The van der Waals surface area contributed by atoms with E-state index >= 15 is 0 Å². The van der Waals surface area contributed by atoms with E-state index in [2.05, 4.69) is 0 Å². The summed E-state index contributed by atoms with van der Waals surface area (Å²) >= 11 is 0. The van der Waals surface area contributed by atoms with Crippen LogP contribution in [0, 0.1) is 0 Å². The minimum absolute atomic E-state index is 0. The summed E-state index contributed by atoms with van der Waals surface area (Å²) in [5.74, 6) is -2.85. The fourth-order valence-electron chi connectivity index (χ4n) is 0.253. The summed E-state index contributed by atoms with van der Waals surface area (Å²) in [7, 11) is 0. The summed E-state index contributed by atoms with van der Waals surface area (Å²) in [6, 6.07) is 0. The van der Waals surface area contributed by atoms with Crippen LogP contribution in [-0.4, -0.2) is 33.4 Å². The maximum Gasteiger partial charge on any atom is 1.00 e. The van der Waals surface area contributed by atoms with E-state index in [9.17, 15) is 9.59 Å². The Balaban J connectivity index is -0.000000320. The van der Waals surface area contributed by atoms with E-state index in [0.29, 0.717) is 0 Å². The molecule has 0 aromatic carbocycles. The summed E-state index contributed by atoms with van der Waals surface area (Å²) < 4.78 is 0. The number of hydrogen-bond acceptors (Lipinski definition) is 3. The molecule has 0 aromatic heterocycles. The summed E-state index contributed by atoms with van der Waals surface area (Å²) in [5, 5.41) is 24.1. The molecule has 0 bridgehead atoms. The number of rotatable bonds is 3. The molecule has 0 aromatic rings. The Hall–Kier alpha value is 0.952. The van der Waals surface area contributed by atoms with E-state index in [4.69, 9.17) is 15.3 Å². The minimum Gasteiger partial charge on any atom is -1.00 e. The van der Waals surface area contributed by atoms with Gasteiger partial charge in [-0.25, -0.2) is 4.79 Å². The molecule has 0 fully saturated rings. The van der Waals surface area contributed by atoms with Crippen LogP contribution in [0.1, 0.15) is 7.85 Å². The van der Waals surface area contributed by atoms with Crippen LogP contribution in [0.25, 0.3) is 0 Å². The molecular formula is C4H7CsO5. The van der Waals surface area contributed by atoms with Crippen LogP contribution in [0.15, 0.2) is 0 Å². The minimum atomic E-state index is -1.79. The van der Waals surface area contributed by atoms with Gasteiger partial charge < -0.3 is 16.7 Å². The first-order chi connectivity index (χ1) is 4.04. The van der Waals surface area contributed by atoms with Crippen molar-refractivity contribution in [3.8, 4) is 0 Å². The van der Waals surface area contributed by atoms with Gasteiger partial charge >= 0.3 is 80.8 Å². The molecule has 0 heterocycles. The standard InChI is InChI=1S/C4H6O5.Cs.H/c5-2(4(8)9)1-3(6)7;;/h2,5H,1H2,(H,6,7)(H,8,9);;/q;+1;-1. The van der Waals surface area contributed by atoms with E-state index in [-0.39, 0.29) is 70.3 Å². The molecule has 0 radical (unpaired) electrons. The first kappa shape index (κ1) is 13.5. The van der Waals surface area contributed by atoms with Crippen LogP contribution in [0.2, 0.25) is 0 Å². The van der Waals surface area contributed by atoms with E-state index in [1.807, 2.05) is 0 Å². The van der Waals surface area contributed by atoms with Crippen LogP contribution < -0.4 is 68.9 Å². The molecule has 0 amide bonds. The quantitative estimate of drug-likeness (QED) is 0.485. The van der Waals surface area contributed by atoms with Gasteiger partial charge in [-0.15, -0.1) is 0 Å². The van der Waals surface area contributed by atoms with E-state index in [0.717, 1.165) is 0 Å². The van der Waals surface area contributed by atoms with Crippen molar-refractivity contribution < 1.29 is 95.2 Å². The zero-order valence-electron chi connectivity index (χ0n) is 6.44. The average molecular weight is 268 g/mol. The van der Waals surface area contributed by atoms with Gasteiger partial charge in [0.25, 0.3) is 0 Å². The number of carboxylic acids is 2. The van der Waals surface area contributed by atoms with E-state index in [1.165, 1.54) is 0 Å². The molecule has 0 saturated carbocycles. The van der Waals surface area contributed by atoms with E-state index in [1.54, 1.807) is 0 Å². The number of aliphatic hydroxyl groups excluding tert-OH is 1. The Kier molecular flexibility index (Phi) is 9.00. The maximum absolute atomic E-state index is 9.72. The van der Waals surface area contributed by atoms with Gasteiger partial charge in [0.1, 0.15) is 0 Å². The predicted octanol–water partition coefficient (Wildman–Crippen LogP) is -3.98. The van der Waals surface area contributed by atoms with Crippen LogP contribution in [-0.2, 0) is 9.59 Å². The van der Waals surface area contributed by atoms with Gasteiger partial charge in [0.2, 0.25) is 0 Å². The average Bonchev–Trinajstić information content (AvgIpc) is 1.63. The molecule has 1 atom stereocenters. The normalized spacial score (nSPS) is 11.3. The zero-order valence-corrected chi connectivity index (χ0v) is 11.7. The number of carbonyl (C=O) groups is 2. The third-order valence-corrected chi connectivity index (χ3v) is 0.653. The summed E-state index contributed by atoms with van der Waals surface area (Å²) in [6.07, 6.45) is -2.54. The fourth-order valence-corrected chi connectivity index (χ4v) is 0.253. The molecule has 10 heavy (non-hydrogen) atoms.